The second-order valence-electron chi connectivity index (χ2n) is 8.56. The van der Waals surface area contributed by atoms with E-state index in [1.165, 1.54) is 0 Å². The van der Waals surface area contributed by atoms with Crippen molar-refractivity contribution in [2.75, 3.05) is 43.0 Å². The van der Waals surface area contributed by atoms with Gasteiger partial charge in [-0.1, -0.05) is 23.8 Å². The number of piperazine rings is 1. The average Bonchev–Trinajstić information content (AvgIpc) is 2.89. The average molecular weight is 503 g/mol. The van der Waals surface area contributed by atoms with Crippen molar-refractivity contribution < 1.29 is 14.3 Å². The van der Waals surface area contributed by atoms with E-state index in [0.29, 0.717) is 31.0 Å². The molecule has 2 N–H and O–H groups in total. The molecule has 0 saturated carbocycles. The van der Waals surface area contributed by atoms with Gasteiger partial charge in [-0.3, -0.25) is 14.9 Å². The highest BCUT2D eigenvalue weighted by molar-refractivity contribution is 7.80. The summed E-state index contributed by atoms with van der Waals surface area (Å²) in [5.74, 6) is 0.415. The van der Waals surface area contributed by atoms with Crippen molar-refractivity contribution in [3.05, 3.63) is 89.5 Å². The largest absolute Gasteiger partial charge is 0.494 e. The van der Waals surface area contributed by atoms with Crippen LogP contribution in [0.25, 0.3) is 0 Å². The van der Waals surface area contributed by atoms with Crippen LogP contribution in [0, 0.1) is 6.92 Å². The fourth-order valence-electron chi connectivity index (χ4n) is 4.03. The molecule has 2 amide bonds. The van der Waals surface area contributed by atoms with E-state index in [1.54, 1.807) is 24.3 Å². The number of thiocarbonyl (C=S) groups is 1. The topological polar surface area (TPSA) is 73.9 Å². The number of benzene rings is 3. The summed E-state index contributed by atoms with van der Waals surface area (Å²) < 4.78 is 5.45. The number of hydrogen-bond acceptors (Lipinski definition) is 5. The summed E-state index contributed by atoms with van der Waals surface area (Å²) in [5.41, 5.74) is 4.20. The lowest BCUT2D eigenvalue weighted by molar-refractivity contribution is 0.0746. The van der Waals surface area contributed by atoms with Crippen molar-refractivity contribution in [3.63, 3.8) is 0 Å². The Balaban J connectivity index is 1.27. The van der Waals surface area contributed by atoms with Crippen molar-refractivity contribution in [3.8, 4) is 5.75 Å². The molecule has 1 fully saturated rings. The first-order valence-electron chi connectivity index (χ1n) is 12.0. The minimum atomic E-state index is -0.302. The van der Waals surface area contributed by atoms with Crippen LogP contribution >= 0.6 is 12.2 Å². The fraction of sp³-hybridized carbons (Fsp3) is 0.250. The molecule has 0 unspecified atom stereocenters. The predicted molar refractivity (Wildman–Crippen MR) is 147 cm³/mol. The van der Waals surface area contributed by atoms with Crippen LogP contribution in [0.3, 0.4) is 0 Å². The third kappa shape index (κ3) is 6.40. The highest BCUT2D eigenvalue weighted by Gasteiger charge is 2.22. The molecule has 1 saturated heterocycles. The van der Waals surface area contributed by atoms with Crippen molar-refractivity contribution in [1.29, 1.82) is 0 Å². The van der Waals surface area contributed by atoms with Gasteiger partial charge in [-0.05, 0) is 80.7 Å². The van der Waals surface area contributed by atoms with E-state index in [2.05, 4.69) is 15.5 Å². The van der Waals surface area contributed by atoms with Gasteiger partial charge in [0.1, 0.15) is 5.75 Å². The SMILES string of the molecule is CCOc1cccc(C(=O)NC(=S)Nc2ccc(N3CCN(C(=O)c4ccc(C)cc4)CC3)cc2)c1. The van der Waals surface area contributed by atoms with Crippen LogP contribution in [-0.2, 0) is 0 Å². The van der Waals surface area contributed by atoms with Crippen LogP contribution < -0.4 is 20.3 Å². The number of hydrogen-bond donors (Lipinski definition) is 2. The second kappa shape index (κ2) is 11.7. The molecular weight excluding hydrogens is 472 g/mol. The molecular formula is C28H30N4O3S. The van der Waals surface area contributed by atoms with Crippen molar-refractivity contribution in [1.82, 2.24) is 10.2 Å². The summed E-state index contributed by atoms with van der Waals surface area (Å²) in [4.78, 5) is 29.4. The molecule has 0 atom stereocenters. The molecule has 0 bridgehead atoms. The monoisotopic (exact) mass is 502 g/mol. The molecule has 0 spiro atoms. The van der Waals surface area contributed by atoms with Gasteiger partial charge in [0.2, 0.25) is 0 Å². The Morgan fingerprint density at radius 2 is 1.61 bits per heavy atom. The minimum Gasteiger partial charge on any atom is -0.494 e. The third-order valence-electron chi connectivity index (χ3n) is 5.99. The molecule has 1 aliphatic rings. The number of anilines is 2. The minimum absolute atomic E-state index is 0.0781. The maximum absolute atomic E-state index is 12.8. The highest BCUT2D eigenvalue weighted by atomic mass is 32.1. The Kier molecular flexibility index (Phi) is 8.17. The van der Waals surface area contributed by atoms with Crippen LogP contribution in [0.2, 0.25) is 0 Å². The van der Waals surface area contributed by atoms with E-state index in [-0.39, 0.29) is 16.9 Å². The van der Waals surface area contributed by atoms with Crippen LogP contribution in [0.4, 0.5) is 11.4 Å². The molecule has 3 aromatic rings. The molecule has 0 radical (unpaired) electrons. The molecule has 186 valence electrons. The lowest BCUT2D eigenvalue weighted by Gasteiger charge is -2.36. The van der Waals surface area contributed by atoms with Crippen molar-refractivity contribution >= 4 is 40.5 Å². The van der Waals surface area contributed by atoms with Gasteiger partial charge in [-0.25, -0.2) is 0 Å². The van der Waals surface area contributed by atoms with Crippen LogP contribution in [0.15, 0.2) is 72.8 Å². The molecule has 3 aromatic carbocycles. The maximum atomic E-state index is 12.8. The first-order valence-corrected chi connectivity index (χ1v) is 12.4. The summed E-state index contributed by atoms with van der Waals surface area (Å²) in [7, 11) is 0. The van der Waals surface area contributed by atoms with Crippen LogP contribution in [0.5, 0.6) is 5.75 Å². The van der Waals surface area contributed by atoms with E-state index in [1.807, 2.05) is 67.3 Å². The van der Waals surface area contributed by atoms with Gasteiger partial charge in [-0.2, -0.15) is 0 Å². The van der Waals surface area contributed by atoms with Gasteiger partial charge in [-0.15, -0.1) is 0 Å². The summed E-state index contributed by atoms with van der Waals surface area (Å²) >= 11 is 5.32. The lowest BCUT2D eigenvalue weighted by atomic mass is 10.1. The van der Waals surface area contributed by atoms with Crippen molar-refractivity contribution in [2.45, 2.75) is 13.8 Å². The van der Waals surface area contributed by atoms with Gasteiger partial charge < -0.3 is 19.9 Å². The molecule has 0 aliphatic carbocycles. The number of rotatable bonds is 6. The Morgan fingerprint density at radius 3 is 2.28 bits per heavy atom. The first-order chi connectivity index (χ1) is 17.4. The zero-order valence-corrected chi connectivity index (χ0v) is 21.3. The predicted octanol–water partition coefficient (Wildman–Crippen LogP) is 4.48. The lowest BCUT2D eigenvalue weighted by Crippen LogP contribution is -2.48. The maximum Gasteiger partial charge on any atom is 0.257 e. The normalized spacial score (nSPS) is 13.2. The molecule has 1 heterocycles. The van der Waals surface area contributed by atoms with Crippen molar-refractivity contribution in [2.24, 2.45) is 0 Å². The molecule has 4 rings (SSSR count). The molecule has 36 heavy (non-hydrogen) atoms. The fourth-order valence-corrected chi connectivity index (χ4v) is 4.24. The molecule has 7 nitrogen and oxygen atoms in total. The summed E-state index contributed by atoms with van der Waals surface area (Å²) in [6, 6.07) is 22.6. The number of aryl methyl sites for hydroxylation is 1. The molecule has 8 heteroatoms. The highest BCUT2D eigenvalue weighted by Crippen LogP contribution is 2.20. The standard InChI is InChI=1S/C28H30N4O3S/c1-3-35-25-6-4-5-22(19-25)26(33)30-28(36)29-23-11-13-24(14-12-23)31-15-17-32(18-16-31)27(34)21-9-7-20(2)8-10-21/h4-14,19H,3,15-18H2,1-2H3,(H2,29,30,33,36). The van der Waals surface area contributed by atoms with Crippen LogP contribution in [-0.4, -0.2) is 54.6 Å². The summed E-state index contributed by atoms with van der Waals surface area (Å²) in [5, 5.41) is 5.98. The van der Waals surface area contributed by atoms with E-state index < -0.39 is 0 Å². The Hall–Kier alpha value is -3.91. The van der Waals surface area contributed by atoms with Gasteiger partial charge in [0.15, 0.2) is 5.11 Å². The van der Waals surface area contributed by atoms with Gasteiger partial charge in [0, 0.05) is 48.7 Å². The quantitative estimate of drug-likeness (QED) is 0.484. The van der Waals surface area contributed by atoms with E-state index in [4.69, 9.17) is 17.0 Å². The van der Waals surface area contributed by atoms with E-state index >= 15 is 0 Å². The van der Waals surface area contributed by atoms with Gasteiger partial charge in [0.05, 0.1) is 6.61 Å². The number of nitrogens with zero attached hydrogens (tertiary/aromatic N) is 2. The zero-order chi connectivity index (χ0) is 25.5. The number of amides is 2. The molecule has 0 aromatic heterocycles. The van der Waals surface area contributed by atoms with Crippen LogP contribution in [0.1, 0.15) is 33.2 Å². The Morgan fingerprint density at radius 1 is 0.917 bits per heavy atom. The van der Waals surface area contributed by atoms with Gasteiger partial charge in [0.25, 0.3) is 11.8 Å². The first kappa shape index (κ1) is 25.2. The van der Waals surface area contributed by atoms with E-state index in [0.717, 1.165) is 35.6 Å². The Labute approximate surface area is 217 Å². The number of ether oxygens (including phenoxy) is 1. The number of carbonyl (C=O) groups is 2. The van der Waals surface area contributed by atoms with Gasteiger partial charge >= 0.3 is 0 Å². The Bertz CT molecular complexity index is 1220. The molecule has 1 aliphatic heterocycles. The number of nitrogens with one attached hydrogen (secondary N) is 2. The zero-order valence-electron chi connectivity index (χ0n) is 20.5. The smallest absolute Gasteiger partial charge is 0.257 e. The second-order valence-corrected chi connectivity index (χ2v) is 8.97. The number of carbonyl (C=O) groups excluding carboxylic acids is 2. The summed E-state index contributed by atoms with van der Waals surface area (Å²) in [6.45, 7) is 7.31. The van der Waals surface area contributed by atoms with E-state index in [9.17, 15) is 9.59 Å². The third-order valence-corrected chi connectivity index (χ3v) is 6.19. The summed E-state index contributed by atoms with van der Waals surface area (Å²) in [6.07, 6.45) is 0.